The van der Waals surface area contributed by atoms with Crippen molar-refractivity contribution in [2.24, 2.45) is 0 Å². The summed E-state index contributed by atoms with van der Waals surface area (Å²) in [6.07, 6.45) is 0.959. The third-order valence-electron chi connectivity index (χ3n) is 1.97. The largest absolute Gasteiger partial charge is 0.384 e. The molecule has 0 aliphatic heterocycles. The summed E-state index contributed by atoms with van der Waals surface area (Å²) < 4.78 is 0. The van der Waals surface area contributed by atoms with Crippen molar-refractivity contribution in [3.8, 4) is 0 Å². The number of hydrogen-bond donors (Lipinski definition) is 1. The van der Waals surface area contributed by atoms with Crippen molar-refractivity contribution in [3.63, 3.8) is 0 Å². The number of aliphatic hydroxyl groups excluding tert-OH is 1. The molecule has 0 aliphatic carbocycles. The summed E-state index contributed by atoms with van der Waals surface area (Å²) in [6.45, 7) is 3.53. The van der Waals surface area contributed by atoms with E-state index in [0.29, 0.717) is 0 Å². The summed E-state index contributed by atoms with van der Waals surface area (Å²) in [5, 5.41) is 9.43. The van der Waals surface area contributed by atoms with Gasteiger partial charge >= 0.3 is 0 Å². The van der Waals surface area contributed by atoms with Gasteiger partial charge in [0.05, 0.1) is 6.10 Å². The quantitative estimate of drug-likeness (QED) is 0.713. The lowest BCUT2D eigenvalue weighted by atomic mass is 10.1. The van der Waals surface area contributed by atoms with Gasteiger partial charge in [0, 0.05) is 19.8 Å². The molecular weight excluding hydrogens is 162 g/mol. The molecule has 0 radical (unpaired) electrons. The van der Waals surface area contributed by atoms with E-state index in [1.807, 2.05) is 43.3 Å². The van der Waals surface area contributed by atoms with E-state index in [1.165, 1.54) is 6.08 Å². The molecule has 2 heteroatoms. The molecule has 0 heterocycles. The van der Waals surface area contributed by atoms with Gasteiger partial charge in [-0.2, -0.15) is 0 Å². The van der Waals surface area contributed by atoms with E-state index < -0.39 is 6.10 Å². The maximum absolute atomic E-state index is 9.43. The zero-order chi connectivity index (χ0) is 9.84. The first-order valence-electron chi connectivity index (χ1n) is 4.23. The molecule has 0 saturated heterocycles. The highest BCUT2D eigenvalue weighted by atomic mass is 16.3. The fourth-order valence-electron chi connectivity index (χ4n) is 1.11. The normalized spacial score (nSPS) is 12.2. The molecule has 0 spiro atoms. The molecule has 1 N–H and O–H groups in total. The van der Waals surface area contributed by atoms with Crippen LogP contribution in [0.25, 0.3) is 0 Å². The van der Waals surface area contributed by atoms with Gasteiger partial charge < -0.3 is 10.0 Å². The lowest BCUT2D eigenvalue weighted by Crippen LogP contribution is -2.08. The van der Waals surface area contributed by atoms with E-state index in [2.05, 4.69) is 6.58 Å². The van der Waals surface area contributed by atoms with Gasteiger partial charge in [-0.25, -0.2) is 0 Å². The Kier molecular flexibility index (Phi) is 3.09. The van der Waals surface area contributed by atoms with Crippen molar-refractivity contribution in [2.75, 3.05) is 19.0 Å². The Bertz CT molecular complexity index is 277. The van der Waals surface area contributed by atoms with Crippen molar-refractivity contribution < 1.29 is 5.11 Å². The fraction of sp³-hybridized carbons (Fsp3) is 0.273. The van der Waals surface area contributed by atoms with Crippen LogP contribution < -0.4 is 4.90 Å². The van der Waals surface area contributed by atoms with Crippen molar-refractivity contribution in [1.29, 1.82) is 0 Å². The number of benzene rings is 1. The van der Waals surface area contributed by atoms with Crippen LogP contribution in [0.1, 0.15) is 11.7 Å². The summed E-state index contributed by atoms with van der Waals surface area (Å²) in [6, 6.07) is 7.76. The first-order valence-corrected chi connectivity index (χ1v) is 4.23. The highest BCUT2D eigenvalue weighted by Gasteiger charge is 2.01. The third kappa shape index (κ3) is 2.33. The monoisotopic (exact) mass is 177 g/mol. The molecule has 1 aromatic carbocycles. The maximum atomic E-state index is 9.43. The Morgan fingerprint density at radius 1 is 1.31 bits per heavy atom. The van der Waals surface area contributed by atoms with E-state index in [-0.39, 0.29) is 0 Å². The van der Waals surface area contributed by atoms with Crippen LogP contribution in [0.5, 0.6) is 0 Å². The summed E-state index contributed by atoms with van der Waals surface area (Å²) in [4.78, 5) is 2.02. The highest BCUT2D eigenvalue weighted by Crippen LogP contribution is 2.17. The molecule has 1 rings (SSSR count). The minimum absolute atomic E-state index is 0.559. The van der Waals surface area contributed by atoms with Gasteiger partial charge in [-0.05, 0) is 17.7 Å². The minimum atomic E-state index is -0.559. The molecule has 2 nitrogen and oxygen atoms in total. The van der Waals surface area contributed by atoms with Crippen LogP contribution >= 0.6 is 0 Å². The Hall–Kier alpha value is -1.28. The molecule has 0 amide bonds. The Morgan fingerprint density at radius 2 is 1.85 bits per heavy atom. The topological polar surface area (TPSA) is 23.5 Å². The average Bonchev–Trinajstić information content (AvgIpc) is 2.17. The molecule has 1 atom stereocenters. The van der Waals surface area contributed by atoms with Gasteiger partial charge in [-0.15, -0.1) is 6.58 Å². The van der Waals surface area contributed by atoms with Crippen molar-refractivity contribution >= 4 is 5.69 Å². The van der Waals surface area contributed by atoms with Crippen LogP contribution in [0.2, 0.25) is 0 Å². The molecular formula is C11H15NO. The van der Waals surface area contributed by atoms with Crippen molar-refractivity contribution in [1.82, 2.24) is 0 Å². The SMILES string of the molecule is C=CC(O)c1ccc(N(C)C)cc1. The zero-order valence-corrected chi connectivity index (χ0v) is 8.07. The first kappa shape index (κ1) is 9.81. The van der Waals surface area contributed by atoms with Gasteiger partial charge in [-0.1, -0.05) is 18.2 Å². The number of aliphatic hydroxyl groups is 1. The van der Waals surface area contributed by atoms with Gasteiger partial charge in [-0.3, -0.25) is 0 Å². The van der Waals surface area contributed by atoms with Gasteiger partial charge in [0.25, 0.3) is 0 Å². The molecule has 1 unspecified atom stereocenters. The first-order chi connectivity index (χ1) is 6.15. The maximum Gasteiger partial charge on any atom is 0.0969 e. The van der Waals surface area contributed by atoms with E-state index in [0.717, 1.165) is 11.3 Å². The molecule has 0 aromatic heterocycles. The molecule has 0 aliphatic rings. The predicted molar refractivity (Wildman–Crippen MR) is 55.9 cm³/mol. The summed E-state index contributed by atoms with van der Waals surface area (Å²) in [5.74, 6) is 0. The van der Waals surface area contributed by atoms with Crippen molar-refractivity contribution in [2.45, 2.75) is 6.10 Å². The molecule has 13 heavy (non-hydrogen) atoms. The van der Waals surface area contributed by atoms with Gasteiger partial charge in [0.1, 0.15) is 0 Å². The van der Waals surface area contributed by atoms with E-state index >= 15 is 0 Å². The number of hydrogen-bond acceptors (Lipinski definition) is 2. The summed E-state index contributed by atoms with van der Waals surface area (Å²) >= 11 is 0. The van der Waals surface area contributed by atoms with E-state index in [4.69, 9.17) is 0 Å². The van der Waals surface area contributed by atoms with Crippen LogP contribution in [0.3, 0.4) is 0 Å². The van der Waals surface area contributed by atoms with Crippen LogP contribution in [-0.2, 0) is 0 Å². The van der Waals surface area contributed by atoms with Crippen LogP contribution in [0.15, 0.2) is 36.9 Å². The minimum Gasteiger partial charge on any atom is -0.384 e. The molecule has 0 bridgehead atoms. The second-order valence-corrected chi connectivity index (χ2v) is 3.17. The van der Waals surface area contributed by atoms with Gasteiger partial charge in [0.2, 0.25) is 0 Å². The predicted octanol–water partition coefficient (Wildman–Crippen LogP) is 1.97. The number of anilines is 1. The number of rotatable bonds is 3. The van der Waals surface area contributed by atoms with E-state index in [9.17, 15) is 5.11 Å². The molecule has 1 aromatic rings. The van der Waals surface area contributed by atoms with Crippen LogP contribution in [-0.4, -0.2) is 19.2 Å². The Balaban J connectivity index is 2.87. The summed E-state index contributed by atoms with van der Waals surface area (Å²) in [7, 11) is 3.97. The average molecular weight is 177 g/mol. The molecule has 0 saturated carbocycles. The lowest BCUT2D eigenvalue weighted by Gasteiger charge is -2.13. The highest BCUT2D eigenvalue weighted by molar-refractivity contribution is 5.46. The lowest BCUT2D eigenvalue weighted by molar-refractivity contribution is 0.229. The Labute approximate surface area is 79.1 Å². The number of nitrogens with zero attached hydrogens (tertiary/aromatic N) is 1. The Morgan fingerprint density at radius 3 is 2.23 bits per heavy atom. The smallest absolute Gasteiger partial charge is 0.0969 e. The zero-order valence-electron chi connectivity index (χ0n) is 8.07. The van der Waals surface area contributed by atoms with Gasteiger partial charge in [0.15, 0.2) is 0 Å². The molecule has 0 fully saturated rings. The fourth-order valence-corrected chi connectivity index (χ4v) is 1.11. The second kappa shape index (κ2) is 4.10. The van der Waals surface area contributed by atoms with Crippen molar-refractivity contribution in [3.05, 3.63) is 42.5 Å². The summed E-state index contributed by atoms with van der Waals surface area (Å²) in [5.41, 5.74) is 2.00. The molecule has 70 valence electrons. The standard InChI is InChI=1S/C11H15NO/c1-4-11(13)9-5-7-10(8-6-9)12(2)3/h4-8,11,13H,1H2,2-3H3. The van der Waals surface area contributed by atoms with Crippen LogP contribution in [0, 0.1) is 0 Å². The third-order valence-corrected chi connectivity index (χ3v) is 1.97. The van der Waals surface area contributed by atoms with E-state index in [1.54, 1.807) is 0 Å². The van der Waals surface area contributed by atoms with Crippen LogP contribution in [0.4, 0.5) is 5.69 Å². The second-order valence-electron chi connectivity index (χ2n) is 3.17.